The van der Waals surface area contributed by atoms with Crippen LogP contribution in [0.25, 0.3) is 0 Å². The first-order valence-electron chi connectivity index (χ1n) is 7.32. The molecule has 3 rings (SSSR count). The first-order valence-corrected chi connectivity index (χ1v) is 7.70. The average molecular weight is 319 g/mol. The molecule has 0 fully saturated rings. The molecule has 0 spiro atoms. The lowest BCUT2D eigenvalue weighted by atomic mass is 10.0. The standard InChI is InChI=1S/C17H19ClN2O2/c1-17(2,20-7-3-4-8-20)16(21)19-9-10-22-15-6-5-14(18)11-13(15)12-19/h3-8,11H,9-10,12H2,1-2H3. The van der Waals surface area contributed by atoms with E-state index in [4.69, 9.17) is 16.3 Å². The van der Waals surface area contributed by atoms with E-state index in [1.165, 1.54) is 0 Å². The van der Waals surface area contributed by atoms with Gasteiger partial charge in [-0.05, 0) is 44.2 Å². The lowest BCUT2D eigenvalue weighted by Crippen LogP contribution is -2.47. The van der Waals surface area contributed by atoms with E-state index in [1.807, 2.05) is 66.0 Å². The van der Waals surface area contributed by atoms with Gasteiger partial charge in [-0.1, -0.05) is 11.6 Å². The van der Waals surface area contributed by atoms with Crippen molar-refractivity contribution < 1.29 is 9.53 Å². The third-order valence-corrected chi connectivity index (χ3v) is 4.30. The van der Waals surface area contributed by atoms with Crippen LogP contribution < -0.4 is 4.74 Å². The molecule has 1 amide bonds. The molecule has 0 unspecified atom stereocenters. The molecule has 0 radical (unpaired) electrons. The summed E-state index contributed by atoms with van der Waals surface area (Å²) in [5.41, 5.74) is 0.314. The first kappa shape index (κ1) is 15.0. The number of rotatable bonds is 2. The summed E-state index contributed by atoms with van der Waals surface area (Å²) in [6, 6.07) is 9.39. The summed E-state index contributed by atoms with van der Waals surface area (Å²) < 4.78 is 7.66. The predicted molar refractivity (Wildman–Crippen MR) is 86.1 cm³/mol. The highest BCUT2D eigenvalue weighted by Gasteiger charge is 2.34. The summed E-state index contributed by atoms with van der Waals surface area (Å²) >= 11 is 6.07. The maximum atomic E-state index is 13.0. The van der Waals surface area contributed by atoms with E-state index < -0.39 is 5.54 Å². The number of halogens is 1. The van der Waals surface area contributed by atoms with Gasteiger partial charge in [-0.25, -0.2) is 0 Å². The van der Waals surface area contributed by atoms with E-state index in [2.05, 4.69) is 0 Å². The fourth-order valence-electron chi connectivity index (χ4n) is 2.74. The molecule has 1 aliphatic heterocycles. The lowest BCUT2D eigenvalue weighted by Gasteiger charge is -2.32. The number of carbonyl (C=O) groups excluding carboxylic acids is 1. The Morgan fingerprint density at radius 2 is 2.00 bits per heavy atom. The third kappa shape index (κ3) is 2.71. The summed E-state index contributed by atoms with van der Waals surface area (Å²) in [6.07, 6.45) is 3.83. The zero-order chi connectivity index (χ0) is 15.7. The molecular weight excluding hydrogens is 300 g/mol. The van der Waals surface area contributed by atoms with Gasteiger partial charge in [0.1, 0.15) is 17.9 Å². The minimum Gasteiger partial charge on any atom is -0.491 e. The molecule has 116 valence electrons. The zero-order valence-electron chi connectivity index (χ0n) is 12.8. The molecular formula is C17H19ClN2O2. The number of hydrogen-bond donors (Lipinski definition) is 0. The Hall–Kier alpha value is -1.94. The summed E-state index contributed by atoms with van der Waals surface area (Å²) in [7, 11) is 0. The van der Waals surface area contributed by atoms with Crippen LogP contribution in [0.4, 0.5) is 0 Å². The smallest absolute Gasteiger partial charge is 0.248 e. The number of carbonyl (C=O) groups is 1. The Labute approximate surface area is 135 Å². The number of fused-ring (bicyclic) bond motifs is 1. The molecule has 0 saturated heterocycles. The quantitative estimate of drug-likeness (QED) is 0.851. The zero-order valence-corrected chi connectivity index (χ0v) is 13.5. The van der Waals surface area contributed by atoms with Gasteiger partial charge < -0.3 is 14.2 Å². The van der Waals surface area contributed by atoms with Crippen molar-refractivity contribution in [3.05, 3.63) is 53.3 Å². The minimum absolute atomic E-state index is 0.0696. The number of hydrogen-bond acceptors (Lipinski definition) is 2. The van der Waals surface area contributed by atoms with Crippen LogP contribution in [0.2, 0.25) is 5.02 Å². The second-order valence-corrected chi connectivity index (χ2v) is 6.41. The molecule has 22 heavy (non-hydrogen) atoms. The molecule has 0 N–H and O–H groups in total. The van der Waals surface area contributed by atoms with Crippen LogP contribution >= 0.6 is 11.6 Å². The van der Waals surface area contributed by atoms with E-state index >= 15 is 0 Å². The van der Waals surface area contributed by atoms with E-state index in [0.717, 1.165) is 11.3 Å². The molecule has 0 atom stereocenters. The second kappa shape index (κ2) is 5.69. The van der Waals surface area contributed by atoms with Crippen molar-refractivity contribution in [3.8, 4) is 5.75 Å². The summed E-state index contributed by atoms with van der Waals surface area (Å²) in [6.45, 7) is 5.43. The van der Waals surface area contributed by atoms with Crippen LogP contribution in [0.3, 0.4) is 0 Å². The minimum atomic E-state index is -0.632. The van der Waals surface area contributed by atoms with Gasteiger partial charge >= 0.3 is 0 Å². The van der Waals surface area contributed by atoms with Crippen LogP contribution in [0.1, 0.15) is 19.4 Å². The highest BCUT2D eigenvalue weighted by Crippen LogP contribution is 2.28. The van der Waals surface area contributed by atoms with Crippen LogP contribution in [0, 0.1) is 0 Å². The van der Waals surface area contributed by atoms with E-state index in [-0.39, 0.29) is 5.91 Å². The average Bonchev–Trinajstić information content (AvgIpc) is 2.95. The van der Waals surface area contributed by atoms with Crippen LogP contribution in [-0.2, 0) is 16.9 Å². The van der Waals surface area contributed by atoms with E-state index in [9.17, 15) is 4.79 Å². The van der Waals surface area contributed by atoms with Crippen molar-refractivity contribution in [2.75, 3.05) is 13.2 Å². The molecule has 0 bridgehead atoms. The Kier molecular flexibility index (Phi) is 3.87. The number of amides is 1. The molecule has 2 aromatic rings. The second-order valence-electron chi connectivity index (χ2n) is 5.98. The Balaban J connectivity index is 1.87. The van der Waals surface area contributed by atoms with Crippen LogP contribution in [0.5, 0.6) is 5.75 Å². The van der Waals surface area contributed by atoms with Gasteiger partial charge in [-0.2, -0.15) is 0 Å². The topological polar surface area (TPSA) is 34.5 Å². The first-order chi connectivity index (χ1) is 10.5. The van der Waals surface area contributed by atoms with Crippen molar-refractivity contribution in [2.24, 2.45) is 0 Å². The van der Waals surface area contributed by atoms with Gasteiger partial charge in [0.05, 0.1) is 6.54 Å². The number of nitrogens with zero attached hydrogens (tertiary/aromatic N) is 2. The van der Waals surface area contributed by atoms with Crippen molar-refractivity contribution in [2.45, 2.75) is 25.9 Å². The lowest BCUT2D eigenvalue weighted by molar-refractivity contribution is -0.140. The van der Waals surface area contributed by atoms with Gasteiger partial charge in [0.2, 0.25) is 5.91 Å². The van der Waals surface area contributed by atoms with Gasteiger partial charge in [0.25, 0.3) is 0 Å². The van der Waals surface area contributed by atoms with Gasteiger partial charge in [-0.3, -0.25) is 4.79 Å². The maximum Gasteiger partial charge on any atom is 0.248 e. The number of ether oxygens (including phenoxy) is 1. The molecule has 5 heteroatoms. The largest absolute Gasteiger partial charge is 0.491 e. The monoisotopic (exact) mass is 318 g/mol. The normalized spacial score (nSPS) is 15.0. The molecule has 0 aliphatic carbocycles. The van der Waals surface area contributed by atoms with Gasteiger partial charge in [-0.15, -0.1) is 0 Å². The van der Waals surface area contributed by atoms with Crippen LogP contribution in [-0.4, -0.2) is 28.5 Å². The molecule has 1 aliphatic rings. The molecule has 2 heterocycles. The molecule has 4 nitrogen and oxygen atoms in total. The van der Waals surface area contributed by atoms with Crippen molar-refractivity contribution in [1.29, 1.82) is 0 Å². The summed E-state index contributed by atoms with van der Waals surface area (Å²) in [5.74, 6) is 0.874. The summed E-state index contributed by atoms with van der Waals surface area (Å²) in [4.78, 5) is 14.8. The van der Waals surface area contributed by atoms with E-state index in [0.29, 0.717) is 24.7 Å². The fourth-order valence-corrected chi connectivity index (χ4v) is 2.94. The highest BCUT2D eigenvalue weighted by molar-refractivity contribution is 6.30. The van der Waals surface area contributed by atoms with Crippen LogP contribution in [0.15, 0.2) is 42.7 Å². The maximum absolute atomic E-state index is 13.0. The summed E-state index contributed by atoms with van der Waals surface area (Å²) in [5, 5.41) is 0.654. The van der Waals surface area contributed by atoms with Crippen molar-refractivity contribution in [1.82, 2.24) is 9.47 Å². The number of aromatic nitrogens is 1. The SMILES string of the molecule is CC(C)(C(=O)N1CCOc2ccc(Cl)cc2C1)n1cccc1. The molecule has 1 aromatic heterocycles. The Bertz CT molecular complexity index is 680. The van der Waals surface area contributed by atoms with E-state index in [1.54, 1.807) is 0 Å². The molecule has 1 aromatic carbocycles. The van der Waals surface area contributed by atoms with Crippen molar-refractivity contribution in [3.63, 3.8) is 0 Å². The Morgan fingerprint density at radius 1 is 1.27 bits per heavy atom. The third-order valence-electron chi connectivity index (χ3n) is 4.06. The van der Waals surface area contributed by atoms with Gasteiger partial charge in [0.15, 0.2) is 0 Å². The van der Waals surface area contributed by atoms with Gasteiger partial charge in [0, 0.05) is 29.5 Å². The number of benzene rings is 1. The fraction of sp³-hybridized carbons (Fsp3) is 0.353. The predicted octanol–water partition coefficient (Wildman–Crippen LogP) is 3.30. The van der Waals surface area contributed by atoms with Crippen molar-refractivity contribution >= 4 is 17.5 Å². The highest BCUT2D eigenvalue weighted by atomic mass is 35.5. The molecule has 0 saturated carbocycles. The Morgan fingerprint density at radius 3 is 2.73 bits per heavy atom.